The molecule has 0 bridgehead atoms. The molecule has 0 fully saturated rings. The van der Waals surface area contributed by atoms with Gasteiger partial charge in [0.2, 0.25) is 0 Å². The Bertz CT molecular complexity index is 794. The molecule has 0 unspecified atom stereocenters. The molecule has 6 heteroatoms. The fraction of sp³-hybridized carbons (Fsp3) is 0.118. The Morgan fingerprint density at radius 2 is 1.70 bits per heavy atom. The van der Waals surface area contributed by atoms with Crippen LogP contribution in [0.4, 0.5) is 0 Å². The lowest BCUT2D eigenvalue weighted by Gasteiger charge is -2.05. The van der Waals surface area contributed by atoms with Gasteiger partial charge in [0.25, 0.3) is 11.8 Å². The summed E-state index contributed by atoms with van der Waals surface area (Å²) in [6.07, 6.45) is 1.55. The number of rotatable bonds is 5. The van der Waals surface area contributed by atoms with Crippen molar-refractivity contribution in [3.8, 4) is 0 Å². The summed E-state index contributed by atoms with van der Waals surface area (Å²) in [4.78, 5) is 27.7. The van der Waals surface area contributed by atoms with E-state index in [0.29, 0.717) is 24.4 Å². The number of hydrogen-bond acceptors (Lipinski definition) is 4. The van der Waals surface area contributed by atoms with Gasteiger partial charge in [0.15, 0.2) is 5.76 Å². The minimum Gasteiger partial charge on any atom is -0.451 e. The molecule has 2 amide bonds. The third-order valence-corrected chi connectivity index (χ3v) is 3.24. The van der Waals surface area contributed by atoms with E-state index in [-0.39, 0.29) is 17.6 Å². The van der Waals surface area contributed by atoms with Gasteiger partial charge in [0.1, 0.15) is 11.3 Å². The number of nitrogens with one attached hydrogen (secondary N) is 2. The van der Waals surface area contributed by atoms with Gasteiger partial charge in [-0.3, -0.25) is 14.6 Å². The lowest BCUT2D eigenvalue weighted by molar-refractivity contribution is 0.0911. The number of aromatic nitrogens is 1. The Morgan fingerprint density at radius 3 is 2.43 bits per heavy atom. The summed E-state index contributed by atoms with van der Waals surface area (Å²) in [5, 5.41) is 6.26. The van der Waals surface area contributed by atoms with E-state index in [1.54, 1.807) is 36.5 Å². The van der Waals surface area contributed by atoms with Crippen LogP contribution in [0.25, 0.3) is 11.0 Å². The van der Waals surface area contributed by atoms with Crippen molar-refractivity contribution in [1.29, 1.82) is 0 Å². The minimum atomic E-state index is -0.312. The maximum atomic E-state index is 12.0. The maximum Gasteiger partial charge on any atom is 0.287 e. The predicted molar refractivity (Wildman–Crippen MR) is 85.1 cm³/mol. The summed E-state index contributed by atoms with van der Waals surface area (Å²) < 4.78 is 5.47. The predicted octanol–water partition coefficient (Wildman–Crippen LogP) is 1.99. The molecule has 0 spiro atoms. The first-order chi connectivity index (χ1) is 11.2. The van der Waals surface area contributed by atoms with Crippen molar-refractivity contribution in [2.75, 3.05) is 13.1 Å². The van der Waals surface area contributed by atoms with E-state index >= 15 is 0 Å². The third-order valence-electron chi connectivity index (χ3n) is 3.24. The average Bonchev–Trinajstić information content (AvgIpc) is 3.03. The molecule has 0 aliphatic heterocycles. The molecule has 116 valence electrons. The number of furan rings is 1. The molecule has 2 heterocycles. The molecule has 2 N–H and O–H groups in total. The zero-order chi connectivity index (χ0) is 16.1. The summed E-state index contributed by atoms with van der Waals surface area (Å²) in [5.74, 6) is -0.334. The molecule has 0 saturated carbocycles. The van der Waals surface area contributed by atoms with Crippen LogP contribution in [0.5, 0.6) is 0 Å². The van der Waals surface area contributed by atoms with Gasteiger partial charge in [-0.1, -0.05) is 24.3 Å². The zero-order valence-electron chi connectivity index (χ0n) is 12.3. The van der Waals surface area contributed by atoms with Crippen molar-refractivity contribution in [2.24, 2.45) is 0 Å². The molecule has 0 radical (unpaired) electrons. The largest absolute Gasteiger partial charge is 0.451 e. The van der Waals surface area contributed by atoms with E-state index in [2.05, 4.69) is 15.6 Å². The van der Waals surface area contributed by atoms with Crippen LogP contribution in [0.3, 0.4) is 0 Å². The highest BCUT2D eigenvalue weighted by Gasteiger charge is 2.11. The summed E-state index contributed by atoms with van der Waals surface area (Å²) in [7, 11) is 0. The van der Waals surface area contributed by atoms with Gasteiger partial charge in [-0.05, 0) is 24.3 Å². The SMILES string of the molecule is O=C(NCCNC(=O)c1cc2ccccc2o1)c1ccccn1. The second kappa shape index (κ2) is 6.74. The molecule has 2 aromatic heterocycles. The summed E-state index contributed by atoms with van der Waals surface area (Å²) >= 11 is 0. The fourth-order valence-corrected chi connectivity index (χ4v) is 2.12. The summed E-state index contributed by atoms with van der Waals surface area (Å²) in [6.45, 7) is 0.607. The molecule has 1 aromatic carbocycles. The Balaban J connectivity index is 1.49. The van der Waals surface area contributed by atoms with E-state index in [4.69, 9.17) is 4.42 Å². The molecule has 0 saturated heterocycles. The molecule has 0 aliphatic rings. The minimum absolute atomic E-state index is 0.252. The molecule has 3 rings (SSSR count). The standard InChI is InChI=1S/C17H15N3O3/c21-16(13-6-3-4-8-18-13)19-9-10-20-17(22)15-11-12-5-1-2-7-14(12)23-15/h1-8,11H,9-10H2,(H,19,21)(H,20,22). The van der Waals surface area contributed by atoms with Crippen LogP contribution in [-0.2, 0) is 0 Å². The fourth-order valence-electron chi connectivity index (χ4n) is 2.12. The van der Waals surface area contributed by atoms with Crippen LogP contribution in [0.2, 0.25) is 0 Å². The van der Waals surface area contributed by atoms with Gasteiger partial charge in [-0.25, -0.2) is 0 Å². The lowest BCUT2D eigenvalue weighted by atomic mass is 10.2. The van der Waals surface area contributed by atoms with Gasteiger partial charge in [0, 0.05) is 24.7 Å². The van der Waals surface area contributed by atoms with Gasteiger partial charge < -0.3 is 15.1 Å². The molecule has 6 nitrogen and oxygen atoms in total. The molecular weight excluding hydrogens is 294 g/mol. The third kappa shape index (κ3) is 3.55. The van der Waals surface area contributed by atoms with Crippen molar-refractivity contribution in [3.05, 3.63) is 66.2 Å². The number of hydrogen-bond donors (Lipinski definition) is 2. The summed E-state index contributed by atoms with van der Waals surface area (Å²) in [5.41, 5.74) is 1.01. The number of fused-ring (bicyclic) bond motifs is 1. The van der Waals surface area contributed by atoms with Crippen LogP contribution in [0.1, 0.15) is 21.0 Å². The van der Waals surface area contributed by atoms with E-state index in [0.717, 1.165) is 5.39 Å². The van der Waals surface area contributed by atoms with E-state index in [9.17, 15) is 9.59 Å². The van der Waals surface area contributed by atoms with E-state index in [1.807, 2.05) is 18.2 Å². The number of carbonyl (C=O) groups excluding carboxylic acids is 2. The van der Waals surface area contributed by atoms with Crippen molar-refractivity contribution in [2.45, 2.75) is 0 Å². The number of benzene rings is 1. The first-order valence-corrected chi connectivity index (χ1v) is 7.20. The smallest absolute Gasteiger partial charge is 0.287 e. The highest BCUT2D eigenvalue weighted by atomic mass is 16.3. The first kappa shape index (κ1) is 14.8. The van der Waals surface area contributed by atoms with Crippen LogP contribution >= 0.6 is 0 Å². The van der Waals surface area contributed by atoms with E-state index < -0.39 is 0 Å². The number of pyridine rings is 1. The quantitative estimate of drug-likeness (QED) is 0.706. The molecule has 0 atom stereocenters. The zero-order valence-corrected chi connectivity index (χ0v) is 12.3. The van der Waals surface area contributed by atoms with Gasteiger partial charge in [0.05, 0.1) is 0 Å². The highest BCUT2D eigenvalue weighted by Crippen LogP contribution is 2.18. The number of carbonyl (C=O) groups is 2. The van der Waals surface area contributed by atoms with E-state index in [1.165, 1.54) is 0 Å². The second-order valence-electron chi connectivity index (χ2n) is 4.88. The van der Waals surface area contributed by atoms with Crippen molar-refractivity contribution in [3.63, 3.8) is 0 Å². The maximum absolute atomic E-state index is 12.0. The molecule has 3 aromatic rings. The van der Waals surface area contributed by atoms with Crippen molar-refractivity contribution >= 4 is 22.8 Å². The number of para-hydroxylation sites is 1. The van der Waals surface area contributed by atoms with Crippen molar-refractivity contribution in [1.82, 2.24) is 15.6 Å². The normalized spacial score (nSPS) is 10.4. The summed E-state index contributed by atoms with van der Waals surface area (Å²) in [6, 6.07) is 14.2. The van der Waals surface area contributed by atoms with Crippen LogP contribution in [-0.4, -0.2) is 29.9 Å². The van der Waals surface area contributed by atoms with Gasteiger partial charge in [-0.15, -0.1) is 0 Å². The monoisotopic (exact) mass is 309 g/mol. The molecular formula is C17H15N3O3. The first-order valence-electron chi connectivity index (χ1n) is 7.20. The average molecular weight is 309 g/mol. The number of amides is 2. The highest BCUT2D eigenvalue weighted by molar-refractivity contribution is 5.96. The Morgan fingerprint density at radius 1 is 0.957 bits per heavy atom. The number of nitrogens with zero attached hydrogens (tertiary/aromatic N) is 1. The van der Waals surface area contributed by atoms with Gasteiger partial charge >= 0.3 is 0 Å². The van der Waals surface area contributed by atoms with Crippen molar-refractivity contribution < 1.29 is 14.0 Å². The van der Waals surface area contributed by atoms with Gasteiger partial charge in [-0.2, -0.15) is 0 Å². The second-order valence-corrected chi connectivity index (χ2v) is 4.88. The Labute approximate surface area is 132 Å². The Kier molecular flexibility index (Phi) is 4.33. The van der Waals surface area contributed by atoms with Crippen LogP contribution < -0.4 is 10.6 Å². The van der Waals surface area contributed by atoms with Crippen LogP contribution in [0, 0.1) is 0 Å². The Hall–Kier alpha value is -3.15. The lowest BCUT2D eigenvalue weighted by Crippen LogP contribution is -2.34. The van der Waals surface area contributed by atoms with Crippen LogP contribution in [0.15, 0.2) is 59.1 Å². The molecule has 0 aliphatic carbocycles. The molecule has 23 heavy (non-hydrogen) atoms. The topological polar surface area (TPSA) is 84.2 Å².